The van der Waals surface area contributed by atoms with Crippen molar-refractivity contribution in [3.8, 4) is 11.1 Å². The third-order valence-corrected chi connectivity index (χ3v) is 7.20. The van der Waals surface area contributed by atoms with Crippen LogP contribution in [0.25, 0.3) is 11.1 Å². The number of ether oxygens (including phenoxy) is 1. The largest absolute Gasteiger partial charge is 0.442 e. The van der Waals surface area contributed by atoms with Gasteiger partial charge in [0.05, 0.1) is 21.8 Å². The van der Waals surface area contributed by atoms with Crippen LogP contribution in [0.4, 0.5) is 10.5 Å². The SMILES string of the molecule is O=C1O[C@H]2CN(c3c(I)cncc3-c3cc(Cl)cc(Cl)c3)CC[C@H]2N1Cc1ccccc1. The van der Waals surface area contributed by atoms with Crippen LogP contribution in [0.3, 0.4) is 0 Å². The summed E-state index contributed by atoms with van der Waals surface area (Å²) in [7, 11) is 0. The summed E-state index contributed by atoms with van der Waals surface area (Å²) in [6.07, 6.45) is 4.10. The molecule has 2 aliphatic heterocycles. The Balaban J connectivity index is 1.41. The van der Waals surface area contributed by atoms with Crippen molar-refractivity contribution in [2.45, 2.75) is 25.1 Å². The minimum Gasteiger partial charge on any atom is -0.442 e. The summed E-state index contributed by atoms with van der Waals surface area (Å²) in [5, 5.41) is 1.16. The van der Waals surface area contributed by atoms with Gasteiger partial charge in [-0.05, 0) is 58.3 Å². The van der Waals surface area contributed by atoms with Crippen LogP contribution < -0.4 is 4.90 Å². The van der Waals surface area contributed by atoms with Crippen LogP contribution in [0.1, 0.15) is 12.0 Å². The number of piperidine rings is 1. The number of pyridine rings is 1. The van der Waals surface area contributed by atoms with Crippen molar-refractivity contribution in [3.63, 3.8) is 0 Å². The molecular weight excluding hydrogens is 560 g/mol. The zero-order valence-electron chi connectivity index (χ0n) is 17.0. The molecule has 5 rings (SSSR count). The Morgan fingerprint density at radius 3 is 2.59 bits per heavy atom. The average Bonchev–Trinajstić information content (AvgIpc) is 3.08. The first kappa shape index (κ1) is 21.8. The van der Waals surface area contributed by atoms with Gasteiger partial charge in [0, 0.05) is 41.1 Å². The number of amides is 1. The van der Waals surface area contributed by atoms with Gasteiger partial charge in [0.15, 0.2) is 0 Å². The standard InChI is InChI=1S/C24H20Cl2IN3O2/c25-17-8-16(9-18(26)10-17)19-11-28-12-20(27)23(19)29-7-6-21-22(14-29)32-24(31)30(21)13-15-4-2-1-3-5-15/h1-5,8-12,21-22H,6-7,13-14H2/t21-,22+/m1/s1. The van der Waals surface area contributed by atoms with Gasteiger partial charge in [-0.2, -0.15) is 0 Å². The number of carbonyl (C=O) groups is 1. The Morgan fingerprint density at radius 1 is 1.09 bits per heavy atom. The maximum Gasteiger partial charge on any atom is 0.410 e. The molecule has 0 spiro atoms. The van der Waals surface area contributed by atoms with Crippen LogP contribution >= 0.6 is 45.8 Å². The Hall–Kier alpha value is -2.03. The highest BCUT2D eigenvalue weighted by Crippen LogP contribution is 2.39. The average molecular weight is 580 g/mol. The maximum atomic E-state index is 12.7. The minimum absolute atomic E-state index is 0.0718. The van der Waals surface area contributed by atoms with E-state index in [-0.39, 0.29) is 18.2 Å². The molecule has 32 heavy (non-hydrogen) atoms. The summed E-state index contributed by atoms with van der Waals surface area (Å²) in [5.41, 5.74) is 4.05. The fourth-order valence-corrected chi connectivity index (χ4v) is 5.86. The van der Waals surface area contributed by atoms with Crippen molar-refractivity contribution in [2.24, 2.45) is 0 Å². The monoisotopic (exact) mass is 579 g/mol. The molecule has 2 aromatic carbocycles. The van der Waals surface area contributed by atoms with E-state index in [1.54, 1.807) is 6.07 Å². The van der Waals surface area contributed by atoms with E-state index >= 15 is 0 Å². The first-order valence-corrected chi connectivity index (χ1v) is 12.2. The topological polar surface area (TPSA) is 45.7 Å². The number of fused-ring (bicyclic) bond motifs is 1. The second-order valence-electron chi connectivity index (χ2n) is 8.01. The molecular formula is C24H20Cl2IN3O2. The van der Waals surface area contributed by atoms with E-state index in [4.69, 9.17) is 27.9 Å². The predicted octanol–water partition coefficient (Wildman–Crippen LogP) is 6.26. The fraction of sp³-hybridized carbons (Fsp3) is 0.250. The van der Waals surface area contributed by atoms with E-state index in [1.807, 2.05) is 59.8 Å². The summed E-state index contributed by atoms with van der Waals surface area (Å²) in [4.78, 5) is 21.2. The molecule has 5 nitrogen and oxygen atoms in total. The molecule has 0 saturated carbocycles. The Kier molecular flexibility index (Phi) is 6.18. The van der Waals surface area contributed by atoms with E-state index in [0.717, 1.165) is 38.9 Å². The normalized spacial score (nSPS) is 20.3. The van der Waals surface area contributed by atoms with Crippen molar-refractivity contribution < 1.29 is 9.53 Å². The molecule has 0 unspecified atom stereocenters. The lowest BCUT2D eigenvalue weighted by Crippen LogP contribution is -2.49. The number of benzene rings is 2. The molecule has 3 heterocycles. The van der Waals surface area contributed by atoms with Crippen molar-refractivity contribution in [1.29, 1.82) is 0 Å². The lowest BCUT2D eigenvalue weighted by molar-refractivity contribution is 0.127. The molecule has 2 fully saturated rings. The van der Waals surface area contributed by atoms with E-state index < -0.39 is 0 Å². The molecule has 0 aliphatic carbocycles. The zero-order chi connectivity index (χ0) is 22.2. The first-order chi connectivity index (χ1) is 15.5. The lowest BCUT2D eigenvalue weighted by Gasteiger charge is -2.38. The molecule has 164 valence electrons. The second kappa shape index (κ2) is 9.08. The summed E-state index contributed by atoms with van der Waals surface area (Å²) in [6, 6.07) is 15.6. The van der Waals surface area contributed by atoms with Crippen LogP contribution in [0.15, 0.2) is 60.9 Å². The van der Waals surface area contributed by atoms with E-state index in [9.17, 15) is 4.79 Å². The number of halogens is 3. The molecule has 2 saturated heterocycles. The van der Waals surface area contributed by atoms with Crippen LogP contribution in [-0.2, 0) is 11.3 Å². The summed E-state index contributed by atoms with van der Waals surface area (Å²) in [5.74, 6) is 0. The van der Waals surface area contributed by atoms with Crippen LogP contribution in [0, 0.1) is 3.57 Å². The quantitative estimate of drug-likeness (QED) is 0.342. The minimum atomic E-state index is -0.239. The maximum absolute atomic E-state index is 12.7. The number of rotatable bonds is 4. The predicted molar refractivity (Wildman–Crippen MR) is 135 cm³/mol. The Bertz CT molecular complexity index is 1140. The number of nitrogens with zero attached hydrogens (tertiary/aromatic N) is 3. The van der Waals surface area contributed by atoms with Crippen LogP contribution in [0.5, 0.6) is 0 Å². The molecule has 0 radical (unpaired) electrons. The smallest absolute Gasteiger partial charge is 0.410 e. The number of anilines is 1. The number of hydrogen-bond acceptors (Lipinski definition) is 4. The van der Waals surface area contributed by atoms with Gasteiger partial charge < -0.3 is 9.64 Å². The van der Waals surface area contributed by atoms with Gasteiger partial charge in [-0.25, -0.2) is 4.79 Å². The van der Waals surface area contributed by atoms with Crippen molar-refractivity contribution in [2.75, 3.05) is 18.0 Å². The molecule has 2 aliphatic rings. The highest BCUT2D eigenvalue weighted by molar-refractivity contribution is 14.1. The van der Waals surface area contributed by atoms with E-state index in [2.05, 4.69) is 32.5 Å². The Labute approximate surface area is 210 Å². The molecule has 0 N–H and O–H groups in total. The van der Waals surface area contributed by atoms with Crippen molar-refractivity contribution in [3.05, 3.63) is 80.1 Å². The van der Waals surface area contributed by atoms with Crippen LogP contribution in [-0.4, -0.2) is 41.2 Å². The summed E-state index contributed by atoms with van der Waals surface area (Å²) >= 11 is 14.8. The molecule has 1 aromatic heterocycles. The van der Waals surface area contributed by atoms with Crippen molar-refractivity contribution >= 4 is 57.6 Å². The highest BCUT2D eigenvalue weighted by Gasteiger charge is 2.45. The molecule has 3 aromatic rings. The highest BCUT2D eigenvalue weighted by atomic mass is 127. The lowest BCUT2D eigenvalue weighted by atomic mass is 9.98. The summed E-state index contributed by atoms with van der Waals surface area (Å²) < 4.78 is 6.84. The van der Waals surface area contributed by atoms with Gasteiger partial charge in [0.2, 0.25) is 0 Å². The second-order valence-corrected chi connectivity index (χ2v) is 10.0. The fourth-order valence-electron chi connectivity index (χ4n) is 4.54. The van der Waals surface area contributed by atoms with Gasteiger partial charge in [0.1, 0.15) is 6.10 Å². The number of aromatic nitrogens is 1. The third-order valence-electron chi connectivity index (χ3n) is 5.97. The van der Waals surface area contributed by atoms with Gasteiger partial charge in [-0.3, -0.25) is 9.88 Å². The Morgan fingerprint density at radius 2 is 1.84 bits per heavy atom. The third kappa shape index (κ3) is 4.28. The van der Waals surface area contributed by atoms with Gasteiger partial charge in [0.25, 0.3) is 0 Å². The summed E-state index contributed by atoms with van der Waals surface area (Å²) in [6.45, 7) is 2.01. The zero-order valence-corrected chi connectivity index (χ0v) is 20.7. The van der Waals surface area contributed by atoms with Gasteiger partial charge >= 0.3 is 6.09 Å². The number of carbonyl (C=O) groups excluding carboxylic acids is 1. The number of hydrogen-bond donors (Lipinski definition) is 0. The molecule has 0 bridgehead atoms. The molecule has 1 amide bonds. The van der Waals surface area contributed by atoms with E-state index in [1.165, 1.54) is 0 Å². The van der Waals surface area contributed by atoms with Gasteiger partial charge in [-0.15, -0.1) is 0 Å². The van der Waals surface area contributed by atoms with Crippen molar-refractivity contribution in [1.82, 2.24) is 9.88 Å². The molecule has 2 atom stereocenters. The molecule has 8 heteroatoms. The van der Waals surface area contributed by atoms with Crippen LogP contribution in [0.2, 0.25) is 10.0 Å². The van der Waals surface area contributed by atoms with E-state index in [0.29, 0.717) is 23.1 Å². The van der Waals surface area contributed by atoms with Gasteiger partial charge in [-0.1, -0.05) is 53.5 Å². The first-order valence-electron chi connectivity index (χ1n) is 10.4.